The van der Waals surface area contributed by atoms with Crippen molar-refractivity contribution >= 4 is 58.2 Å². The van der Waals surface area contributed by atoms with Gasteiger partial charge in [-0.05, 0) is 12.1 Å². The molecule has 0 aliphatic rings. The van der Waals surface area contributed by atoms with Crippen molar-refractivity contribution in [2.75, 3.05) is 11.1 Å². The summed E-state index contributed by atoms with van der Waals surface area (Å²) in [5, 5.41) is 4.48. The lowest BCUT2D eigenvalue weighted by atomic mass is 10.3. The number of imidazole rings is 1. The van der Waals surface area contributed by atoms with Crippen LogP contribution in [-0.2, 0) is 11.8 Å². The average molecular weight is 351 g/mol. The minimum absolute atomic E-state index is 0.196. The van der Waals surface area contributed by atoms with Gasteiger partial charge in [-0.15, -0.1) is 0 Å². The topological polar surface area (TPSA) is 46.9 Å². The first kappa shape index (κ1) is 15.5. The lowest BCUT2D eigenvalue weighted by Crippen LogP contribution is -2.14. The molecule has 0 saturated carbocycles. The fourth-order valence-electron chi connectivity index (χ4n) is 1.43. The first-order chi connectivity index (χ1) is 9.47. The molecule has 0 fully saturated rings. The fourth-order valence-corrected chi connectivity index (χ4v) is 2.75. The summed E-state index contributed by atoms with van der Waals surface area (Å²) in [6.07, 6.45) is 3.49. The van der Waals surface area contributed by atoms with Crippen LogP contribution in [0.2, 0.25) is 15.1 Å². The molecule has 20 heavy (non-hydrogen) atoms. The van der Waals surface area contributed by atoms with Gasteiger partial charge in [0.2, 0.25) is 5.91 Å². The number of halogens is 3. The second-order valence-corrected chi connectivity index (χ2v) is 6.07. The van der Waals surface area contributed by atoms with Crippen molar-refractivity contribution in [2.45, 2.75) is 5.16 Å². The molecule has 0 saturated heterocycles. The maximum absolute atomic E-state index is 11.9. The molecule has 0 radical (unpaired) electrons. The van der Waals surface area contributed by atoms with E-state index >= 15 is 0 Å². The Kier molecular flexibility index (Phi) is 5.21. The van der Waals surface area contributed by atoms with Crippen molar-refractivity contribution in [3.05, 3.63) is 39.6 Å². The summed E-state index contributed by atoms with van der Waals surface area (Å²) in [6.45, 7) is 0. The van der Waals surface area contributed by atoms with Crippen LogP contribution in [0.25, 0.3) is 0 Å². The predicted molar refractivity (Wildman–Crippen MR) is 84.0 cm³/mol. The highest BCUT2D eigenvalue weighted by Gasteiger charge is 2.10. The van der Waals surface area contributed by atoms with Crippen LogP contribution in [0.1, 0.15) is 0 Å². The first-order valence-electron chi connectivity index (χ1n) is 5.52. The quantitative estimate of drug-likeness (QED) is 0.667. The first-order valence-corrected chi connectivity index (χ1v) is 7.64. The number of hydrogen-bond acceptors (Lipinski definition) is 3. The molecule has 2 aromatic rings. The van der Waals surface area contributed by atoms with Crippen molar-refractivity contribution in [1.82, 2.24) is 9.55 Å². The number of aromatic nitrogens is 2. The summed E-state index contributed by atoms with van der Waals surface area (Å²) in [7, 11) is 1.86. The van der Waals surface area contributed by atoms with E-state index in [0.29, 0.717) is 20.8 Å². The van der Waals surface area contributed by atoms with Gasteiger partial charge in [-0.2, -0.15) is 0 Å². The number of amides is 1. The van der Waals surface area contributed by atoms with E-state index in [1.807, 2.05) is 17.8 Å². The second kappa shape index (κ2) is 6.72. The highest BCUT2D eigenvalue weighted by Crippen LogP contribution is 2.32. The molecule has 0 aliphatic carbocycles. The zero-order chi connectivity index (χ0) is 14.7. The number of benzene rings is 1. The van der Waals surface area contributed by atoms with Gasteiger partial charge in [-0.1, -0.05) is 46.6 Å². The SMILES string of the molecule is Cn1ccnc1SCC(=O)Nc1cc(Cl)c(Cl)cc1Cl. The number of nitrogens with zero attached hydrogens (tertiary/aromatic N) is 2. The molecule has 0 unspecified atom stereocenters. The normalized spacial score (nSPS) is 10.6. The van der Waals surface area contributed by atoms with E-state index in [1.54, 1.807) is 6.20 Å². The predicted octanol–water partition coefficient (Wildman–Crippen LogP) is 4.11. The molecule has 4 nitrogen and oxygen atoms in total. The van der Waals surface area contributed by atoms with Crippen LogP contribution in [0.3, 0.4) is 0 Å². The van der Waals surface area contributed by atoms with E-state index in [4.69, 9.17) is 34.8 Å². The zero-order valence-corrected chi connectivity index (χ0v) is 13.4. The van der Waals surface area contributed by atoms with Crippen LogP contribution in [0.5, 0.6) is 0 Å². The van der Waals surface area contributed by atoms with E-state index in [2.05, 4.69) is 10.3 Å². The minimum atomic E-state index is -0.196. The van der Waals surface area contributed by atoms with E-state index < -0.39 is 0 Å². The Hall–Kier alpha value is -0.880. The summed E-state index contributed by atoms with van der Waals surface area (Å²) >= 11 is 19.0. The van der Waals surface area contributed by atoms with Crippen molar-refractivity contribution < 1.29 is 4.79 Å². The van der Waals surface area contributed by atoms with Gasteiger partial charge in [0, 0.05) is 19.4 Å². The molecule has 0 atom stereocenters. The summed E-state index contributed by atoms with van der Waals surface area (Å²) < 4.78 is 1.84. The second-order valence-electron chi connectivity index (χ2n) is 3.90. The lowest BCUT2D eigenvalue weighted by molar-refractivity contribution is -0.113. The van der Waals surface area contributed by atoms with Gasteiger partial charge in [0.25, 0.3) is 0 Å². The van der Waals surface area contributed by atoms with Crippen molar-refractivity contribution in [1.29, 1.82) is 0 Å². The number of nitrogens with one attached hydrogen (secondary N) is 1. The highest BCUT2D eigenvalue weighted by molar-refractivity contribution is 7.99. The van der Waals surface area contributed by atoms with Crippen LogP contribution in [0.4, 0.5) is 5.69 Å². The molecule has 1 aromatic heterocycles. The molecule has 1 heterocycles. The van der Waals surface area contributed by atoms with Crippen molar-refractivity contribution in [2.24, 2.45) is 7.05 Å². The number of hydrogen-bond donors (Lipinski definition) is 1. The molecular formula is C12H10Cl3N3OS. The van der Waals surface area contributed by atoms with Gasteiger partial charge >= 0.3 is 0 Å². The third-order valence-corrected chi connectivity index (χ3v) is 4.49. The largest absolute Gasteiger partial charge is 0.329 e. The Bertz CT molecular complexity index is 645. The van der Waals surface area contributed by atoms with Crippen LogP contribution in [0.15, 0.2) is 29.7 Å². The molecule has 1 aromatic carbocycles. The maximum atomic E-state index is 11.9. The van der Waals surface area contributed by atoms with Crippen LogP contribution >= 0.6 is 46.6 Å². The molecule has 0 aliphatic heterocycles. The Morgan fingerprint density at radius 3 is 2.65 bits per heavy atom. The standard InChI is InChI=1S/C12H10Cl3N3OS/c1-18-3-2-16-12(18)20-6-11(19)17-10-5-8(14)7(13)4-9(10)15/h2-5H,6H2,1H3,(H,17,19). The number of rotatable bonds is 4. The smallest absolute Gasteiger partial charge is 0.234 e. The van der Waals surface area contributed by atoms with E-state index in [-0.39, 0.29) is 11.7 Å². The van der Waals surface area contributed by atoms with Gasteiger partial charge in [-0.25, -0.2) is 4.98 Å². The van der Waals surface area contributed by atoms with Crippen LogP contribution < -0.4 is 5.32 Å². The molecule has 1 amide bonds. The Labute approximate surface area is 135 Å². The van der Waals surface area contributed by atoms with Crippen molar-refractivity contribution in [3.8, 4) is 0 Å². The van der Waals surface area contributed by atoms with Gasteiger partial charge < -0.3 is 9.88 Å². The maximum Gasteiger partial charge on any atom is 0.234 e. The van der Waals surface area contributed by atoms with Crippen LogP contribution in [0, 0.1) is 0 Å². The van der Waals surface area contributed by atoms with Gasteiger partial charge in [-0.3, -0.25) is 4.79 Å². The van der Waals surface area contributed by atoms with Gasteiger partial charge in [0.15, 0.2) is 5.16 Å². The van der Waals surface area contributed by atoms with E-state index in [0.717, 1.165) is 5.16 Å². The van der Waals surface area contributed by atoms with E-state index in [1.165, 1.54) is 23.9 Å². The molecular weight excluding hydrogens is 341 g/mol. The summed E-state index contributed by atoms with van der Waals surface area (Å²) in [5.41, 5.74) is 0.437. The fraction of sp³-hybridized carbons (Fsp3) is 0.167. The van der Waals surface area contributed by atoms with Crippen LogP contribution in [-0.4, -0.2) is 21.2 Å². The molecule has 2 rings (SSSR count). The third kappa shape index (κ3) is 3.82. The molecule has 0 bridgehead atoms. The number of carbonyl (C=O) groups excluding carboxylic acids is 1. The minimum Gasteiger partial charge on any atom is -0.329 e. The number of thioether (sulfide) groups is 1. The Morgan fingerprint density at radius 1 is 1.30 bits per heavy atom. The highest BCUT2D eigenvalue weighted by atomic mass is 35.5. The summed E-state index contributed by atoms with van der Waals surface area (Å²) in [4.78, 5) is 16.0. The number of carbonyl (C=O) groups is 1. The molecule has 106 valence electrons. The average Bonchev–Trinajstić information content (AvgIpc) is 2.79. The number of aryl methyl sites for hydroxylation is 1. The molecule has 0 spiro atoms. The third-order valence-electron chi connectivity index (χ3n) is 2.39. The molecule has 1 N–H and O–H groups in total. The Balaban J connectivity index is 1.98. The van der Waals surface area contributed by atoms with E-state index in [9.17, 15) is 4.79 Å². The summed E-state index contributed by atoms with van der Waals surface area (Å²) in [5.74, 6) is 0.0276. The summed E-state index contributed by atoms with van der Waals surface area (Å²) in [6, 6.07) is 3.02. The monoisotopic (exact) mass is 349 g/mol. The molecule has 8 heteroatoms. The van der Waals surface area contributed by atoms with Crippen molar-refractivity contribution in [3.63, 3.8) is 0 Å². The number of anilines is 1. The lowest BCUT2D eigenvalue weighted by Gasteiger charge is -2.08. The van der Waals surface area contributed by atoms with Gasteiger partial charge in [0.05, 0.1) is 26.5 Å². The van der Waals surface area contributed by atoms with Gasteiger partial charge in [0.1, 0.15) is 0 Å². The Morgan fingerprint density at radius 2 is 2.00 bits per heavy atom. The zero-order valence-electron chi connectivity index (χ0n) is 10.4.